The Morgan fingerprint density at radius 2 is 2.44 bits per heavy atom. The Bertz CT molecular complexity index is 278. The molecule has 0 amide bonds. The molecule has 1 aliphatic heterocycles. The molecular formula is C13H20O2S. The second kappa shape index (κ2) is 6.38. The lowest BCUT2D eigenvalue weighted by atomic mass is 10.0. The number of hydrogen-bond acceptors (Lipinski definition) is 3. The predicted molar refractivity (Wildman–Crippen MR) is 66.9 cm³/mol. The largest absolute Gasteiger partial charge is 0.393 e. The number of aryl methyl sites for hydroxylation is 1. The van der Waals surface area contributed by atoms with Crippen LogP contribution in [0.5, 0.6) is 0 Å². The van der Waals surface area contributed by atoms with E-state index in [0.29, 0.717) is 6.10 Å². The van der Waals surface area contributed by atoms with Crippen LogP contribution in [0.2, 0.25) is 0 Å². The van der Waals surface area contributed by atoms with E-state index in [0.717, 1.165) is 32.3 Å². The summed E-state index contributed by atoms with van der Waals surface area (Å²) in [6.45, 7) is 0.913. The van der Waals surface area contributed by atoms with Gasteiger partial charge in [-0.2, -0.15) is 0 Å². The van der Waals surface area contributed by atoms with Crippen LogP contribution in [0.3, 0.4) is 0 Å². The third-order valence-corrected chi connectivity index (χ3v) is 4.09. The second-order valence-electron chi connectivity index (χ2n) is 4.48. The molecule has 2 heterocycles. The van der Waals surface area contributed by atoms with E-state index in [1.165, 1.54) is 17.7 Å². The summed E-state index contributed by atoms with van der Waals surface area (Å²) in [4.78, 5) is 1.37. The van der Waals surface area contributed by atoms with Crippen molar-refractivity contribution in [1.82, 2.24) is 0 Å². The van der Waals surface area contributed by atoms with Crippen LogP contribution in [0.25, 0.3) is 0 Å². The molecule has 90 valence electrons. The monoisotopic (exact) mass is 240 g/mol. The molecule has 0 spiro atoms. The molecule has 2 nitrogen and oxygen atoms in total. The Morgan fingerprint density at radius 1 is 1.50 bits per heavy atom. The van der Waals surface area contributed by atoms with Crippen LogP contribution in [0.4, 0.5) is 0 Å². The molecule has 3 heteroatoms. The topological polar surface area (TPSA) is 29.5 Å². The number of ether oxygens (including phenoxy) is 1. The van der Waals surface area contributed by atoms with Crippen LogP contribution in [0.1, 0.15) is 37.0 Å². The van der Waals surface area contributed by atoms with Crippen molar-refractivity contribution in [3.8, 4) is 0 Å². The molecule has 1 saturated heterocycles. The number of hydrogen-bond donors (Lipinski definition) is 1. The molecule has 2 rings (SSSR count). The lowest BCUT2D eigenvalue weighted by Gasteiger charge is -2.13. The Kier molecular flexibility index (Phi) is 4.82. The van der Waals surface area contributed by atoms with Gasteiger partial charge in [-0.25, -0.2) is 0 Å². The molecule has 1 aromatic heterocycles. The van der Waals surface area contributed by atoms with Crippen LogP contribution < -0.4 is 0 Å². The fraction of sp³-hybridized carbons (Fsp3) is 0.692. The summed E-state index contributed by atoms with van der Waals surface area (Å²) in [6, 6.07) is 4.20. The van der Waals surface area contributed by atoms with Crippen molar-refractivity contribution in [2.24, 2.45) is 0 Å². The predicted octanol–water partition coefficient (Wildman–Crippen LogP) is 3.00. The molecule has 2 atom stereocenters. The standard InChI is InChI=1S/C13H20O2S/c14-11(5-7-12-3-1-9-15-12)6-8-13-4-2-10-16-13/h2,4,10-12,14H,1,3,5-9H2. The van der Waals surface area contributed by atoms with Gasteiger partial charge in [-0.15, -0.1) is 11.3 Å². The molecule has 2 unspecified atom stereocenters. The normalized spacial score (nSPS) is 22.4. The molecule has 16 heavy (non-hydrogen) atoms. The van der Waals surface area contributed by atoms with Crippen molar-refractivity contribution < 1.29 is 9.84 Å². The molecule has 1 N–H and O–H groups in total. The maximum Gasteiger partial charge on any atom is 0.0577 e. The average molecular weight is 240 g/mol. The third kappa shape index (κ3) is 3.89. The van der Waals surface area contributed by atoms with Gasteiger partial charge in [0.05, 0.1) is 12.2 Å². The van der Waals surface area contributed by atoms with Crippen molar-refractivity contribution >= 4 is 11.3 Å². The van der Waals surface area contributed by atoms with Crippen LogP contribution in [-0.4, -0.2) is 23.9 Å². The van der Waals surface area contributed by atoms with Crippen LogP contribution in [0.15, 0.2) is 17.5 Å². The molecular weight excluding hydrogens is 220 g/mol. The van der Waals surface area contributed by atoms with Gasteiger partial charge in [0, 0.05) is 11.5 Å². The van der Waals surface area contributed by atoms with Crippen LogP contribution in [0, 0.1) is 0 Å². The van der Waals surface area contributed by atoms with Crippen molar-refractivity contribution in [2.75, 3.05) is 6.61 Å². The van der Waals surface area contributed by atoms with E-state index in [1.807, 2.05) is 0 Å². The Labute approximate surface area is 101 Å². The van der Waals surface area contributed by atoms with E-state index in [2.05, 4.69) is 17.5 Å². The van der Waals surface area contributed by atoms with E-state index in [1.54, 1.807) is 11.3 Å². The van der Waals surface area contributed by atoms with Crippen molar-refractivity contribution in [1.29, 1.82) is 0 Å². The Balaban J connectivity index is 1.58. The molecule has 1 aliphatic rings. The summed E-state index contributed by atoms with van der Waals surface area (Å²) in [5.74, 6) is 0. The highest BCUT2D eigenvalue weighted by Crippen LogP contribution is 2.19. The van der Waals surface area contributed by atoms with E-state index in [-0.39, 0.29) is 6.10 Å². The molecule has 0 saturated carbocycles. The van der Waals surface area contributed by atoms with Gasteiger partial charge < -0.3 is 9.84 Å². The van der Waals surface area contributed by atoms with Gasteiger partial charge in [-0.05, 0) is 50.0 Å². The molecule has 1 aromatic rings. The van der Waals surface area contributed by atoms with Gasteiger partial charge in [0.15, 0.2) is 0 Å². The zero-order valence-corrected chi connectivity index (χ0v) is 10.4. The Morgan fingerprint density at radius 3 is 3.12 bits per heavy atom. The molecule has 0 bridgehead atoms. The van der Waals surface area contributed by atoms with E-state index in [4.69, 9.17) is 4.74 Å². The minimum atomic E-state index is -0.161. The fourth-order valence-corrected chi connectivity index (χ4v) is 2.88. The molecule has 1 fully saturated rings. The highest BCUT2D eigenvalue weighted by atomic mass is 32.1. The molecule has 0 radical (unpaired) electrons. The number of aliphatic hydroxyl groups is 1. The summed E-state index contributed by atoms with van der Waals surface area (Å²) in [5, 5.41) is 11.9. The number of thiophene rings is 1. The van der Waals surface area contributed by atoms with Gasteiger partial charge in [0.2, 0.25) is 0 Å². The number of aliphatic hydroxyl groups excluding tert-OH is 1. The fourth-order valence-electron chi connectivity index (χ4n) is 2.16. The van der Waals surface area contributed by atoms with Crippen molar-refractivity contribution in [2.45, 2.75) is 50.7 Å². The van der Waals surface area contributed by atoms with Crippen LogP contribution >= 0.6 is 11.3 Å². The zero-order valence-electron chi connectivity index (χ0n) is 9.60. The Hall–Kier alpha value is -0.380. The maximum absolute atomic E-state index is 9.86. The van der Waals surface area contributed by atoms with Crippen LogP contribution in [-0.2, 0) is 11.2 Å². The SMILES string of the molecule is OC(CCc1cccs1)CCC1CCCO1. The van der Waals surface area contributed by atoms with E-state index < -0.39 is 0 Å². The van der Waals surface area contributed by atoms with Gasteiger partial charge in [-0.1, -0.05) is 6.07 Å². The first-order valence-corrected chi connectivity index (χ1v) is 7.04. The van der Waals surface area contributed by atoms with Gasteiger partial charge in [0.1, 0.15) is 0 Å². The molecule has 0 aromatic carbocycles. The first kappa shape index (κ1) is 12.1. The summed E-state index contributed by atoms with van der Waals surface area (Å²) >= 11 is 1.77. The smallest absolute Gasteiger partial charge is 0.0577 e. The lowest BCUT2D eigenvalue weighted by molar-refractivity contribution is 0.0791. The van der Waals surface area contributed by atoms with Gasteiger partial charge in [-0.3, -0.25) is 0 Å². The van der Waals surface area contributed by atoms with E-state index >= 15 is 0 Å². The summed E-state index contributed by atoms with van der Waals surface area (Å²) < 4.78 is 5.54. The van der Waals surface area contributed by atoms with Crippen molar-refractivity contribution in [3.63, 3.8) is 0 Å². The van der Waals surface area contributed by atoms with Gasteiger partial charge in [0.25, 0.3) is 0 Å². The highest BCUT2D eigenvalue weighted by molar-refractivity contribution is 7.09. The average Bonchev–Trinajstić information content (AvgIpc) is 2.96. The molecule has 0 aliphatic carbocycles. The number of rotatable bonds is 6. The summed E-state index contributed by atoms with van der Waals surface area (Å²) in [7, 11) is 0. The lowest BCUT2D eigenvalue weighted by Crippen LogP contribution is -2.13. The summed E-state index contributed by atoms with van der Waals surface area (Å²) in [6.07, 6.45) is 6.41. The van der Waals surface area contributed by atoms with Gasteiger partial charge >= 0.3 is 0 Å². The second-order valence-corrected chi connectivity index (χ2v) is 5.52. The van der Waals surface area contributed by atoms with E-state index in [9.17, 15) is 5.11 Å². The first-order chi connectivity index (χ1) is 7.84. The minimum Gasteiger partial charge on any atom is -0.393 e. The zero-order chi connectivity index (χ0) is 11.2. The quantitative estimate of drug-likeness (QED) is 0.828. The van der Waals surface area contributed by atoms with Crippen molar-refractivity contribution in [3.05, 3.63) is 22.4 Å². The first-order valence-electron chi connectivity index (χ1n) is 6.16. The third-order valence-electron chi connectivity index (χ3n) is 3.15. The maximum atomic E-state index is 9.86. The minimum absolute atomic E-state index is 0.161. The highest BCUT2D eigenvalue weighted by Gasteiger charge is 2.16. The summed E-state index contributed by atoms with van der Waals surface area (Å²) in [5.41, 5.74) is 0.